The first kappa shape index (κ1) is 14.5. The van der Waals surface area contributed by atoms with E-state index in [0.717, 1.165) is 23.7 Å². The molecule has 0 spiro atoms. The molecule has 2 fully saturated rings. The number of hydrogen-bond donors (Lipinski definition) is 1. The van der Waals surface area contributed by atoms with Crippen molar-refractivity contribution in [1.29, 1.82) is 0 Å². The van der Waals surface area contributed by atoms with E-state index in [1.807, 2.05) is 0 Å². The van der Waals surface area contributed by atoms with Crippen LogP contribution in [-0.4, -0.2) is 31.9 Å². The highest BCUT2D eigenvalue weighted by Crippen LogP contribution is 2.38. The summed E-state index contributed by atoms with van der Waals surface area (Å²) in [6, 6.07) is 7.10. The van der Waals surface area contributed by atoms with Crippen molar-refractivity contribution in [3.63, 3.8) is 0 Å². The van der Waals surface area contributed by atoms with E-state index in [2.05, 4.69) is 15.9 Å². The lowest BCUT2D eigenvalue weighted by Gasteiger charge is -2.28. The third-order valence-electron chi connectivity index (χ3n) is 4.51. The highest BCUT2D eigenvalue weighted by Gasteiger charge is 2.41. The fourth-order valence-electron chi connectivity index (χ4n) is 3.38. The van der Waals surface area contributed by atoms with Gasteiger partial charge in [0, 0.05) is 23.6 Å². The lowest BCUT2D eigenvalue weighted by atomic mass is 9.79. The second kappa shape index (κ2) is 5.40. The van der Waals surface area contributed by atoms with Crippen molar-refractivity contribution in [2.45, 2.75) is 30.2 Å². The van der Waals surface area contributed by atoms with Crippen molar-refractivity contribution >= 4 is 26.0 Å². The number of benzene rings is 1. The molecule has 1 aliphatic carbocycles. The predicted octanol–water partition coefficient (Wildman–Crippen LogP) is 2.20. The molecule has 1 saturated carbocycles. The van der Waals surface area contributed by atoms with Gasteiger partial charge in [-0.3, -0.25) is 0 Å². The van der Waals surface area contributed by atoms with Crippen LogP contribution in [0.2, 0.25) is 0 Å². The molecular weight excluding hydrogens is 340 g/mol. The van der Waals surface area contributed by atoms with E-state index in [0.29, 0.717) is 29.8 Å². The van der Waals surface area contributed by atoms with Crippen LogP contribution >= 0.6 is 15.9 Å². The van der Waals surface area contributed by atoms with Gasteiger partial charge in [-0.25, -0.2) is 8.42 Å². The van der Waals surface area contributed by atoms with Crippen LogP contribution in [0.5, 0.6) is 0 Å². The number of fused-ring (bicyclic) bond motifs is 1. The molecular formula is C14H19BrN2O2S. The molecule has 110 valence electrons. The molecule has 1 aromatic rings. The van der Waals surface area contributed by atoms with E-state index in [1.54, 1.807) is 28.6 Å². The van der Waals surface area contributed by atoms with Gasteiger partial charge in [0.1, 0.15) is 0 Å². The van der Waals surface area contributed by atoms with Crippen molar-refractivity contribution < 1.29 is 8.42 Å². The third-order valence-corrected chi connectivity index (χ3v) is 6.88. The molecule has 3 rings (SSSR count). The summed E-state index contributed by atoms with van der Waals surface area (Å²) >= 11 is 3.33. The number of nitrogens with zero attached hydrogens (tertiary/aromatic N) is 1. The summed E-state index contributed by atoms with van der Waals surface area (Å²) in [5.41, 5.74) is 6.00. The number of halogens is 1. The van der Waals surface area contributed by atoms with Gasteiger partial charge in [0.25, 0.3) is 0 Å². The fraction of sp³-hybridized carbons (Fsp3) is 0.571. The average molecular weight is 359 g/mol. The number of rotatable bonds is 2. The van der Waals surface area contributed by atoms with Gasteiger partial charge in [-0.15, -0.1) is 0 Å². The Morgan fingerprint density at radius 2 is 1.75 bits per heavy atom. The summed E-state index contributed by atoms with van der Waals surface area (Å²) in [6.07, 6.45) is 3.03. The first-order chi connectivity index (χ1) is 9.46. The summed E-state index contributed by atoms with van der Waals surface area (Å²) in [5, 5.41) is 0. The van der Waals surface area contributed by atoms with Gasteiger partial charge in [0.05, 0.1) is 4.90 Å². The van der Waals surface area contributed by atoms with E-state index >= 15 is 0 Å². The molecule has 3 atom stereocenters. The Morgan fingerprint density at radius 1 is 1.10 bits per heavy atom. The highest BCUT2D eigenvalue weighted by atomic mass is 79.9. The Hall–Kier alpha value is -0.430. The lowest BCUT2D eigenvalue weighted by molar-refractivity contribution is 0.271. The Labute approximate surface area is 128 Å². The molecule has 0 aromatic heterocycles. The topological polar surface area (TPSA) is 63.4 Å². The van der Waals surface area contributed by atoms with Gasteiger partial charge in [-0.2, -0.15) is 4.31 Å². The first-order valence-electron chi connectivity index (χ1n) is 6.98. The minimum atomic E-state index is -3.36. The van der Waals surface area contributed by atoms with E-state index in [1.165, 1.54) is 0 Å². The van der Waals surface area contributed by atoms with Crippen LogP contribution in [0.15, 0.2) is 33.6 Å². The molecule has 1 aliphatic heterocycles. The summed E-state index contributed by atoms with van der Waals surface area (Å²) in [4.78, 5) is 0.378. The molecule has 1 unspecified atom stereocenters. The SMILES string of the molecule is NC1CC[C@@H]2CN(S(=O)(=O)c3ccc(Br)cc3)C[C@@H]2C1. The summed E-state index contributed by atoms with van der Waals surface area (Å²) in [7, 11) is -3.36. The van der Waals surface area contributed by atoms with Crippen molar-refractivity contribution in [3.05, 3.63) is 28.7 Å². The monoisotopic (exact) mass is 358 g/mol. The van der Waals surface area contributed by atoms with E-state index < -0.39 is 10.0 Å². The smallest absolute Gasteiger partial charge is 0.243 e. The molecule has 1 saturated heterocycles. The fourth-order valence-corrected chi connectivity index (χ4v) is 5.19. The molecule has 2 N–H and O–H groups in total. The molecule has 4 nitrogen and oxygen atoms in total. The number of sulfonamides is 1. The zero-order valence-corrected chi connectivity index (χ0v) is 13.6. The van der Waals surface area contributed by atoms with Gasteiger partial charge in [-0.1, -0.05) is 15.9 Å². The number of hydrogen-bond acceptors (Lipinski definition) is 3. The highest BCUT2D eigenvalue weighted by molar-refractivity contribution is 9.10. The van der Waals surface area contributed by atoms with Gasteiger partial charge in [0.2, 0.25) is 10.0 Å². The maximum Gasteiger partial charge on any atom is 0.243 e. The quantitative estimate of drug-likeness (QED) is 0.881. The van der Waals surface area contributed by atoms with Gasteiger partial charge in [0.15, 0.2) is 0 Å². The van der Waals surface area contributed by atoms with Crippen LogP contribution in [0, 0.1) is 11.8 Å². The zero-order valence-electron chi connectivity index (χ0n) is 11.2. The largest absolute Gasteiger partial charge is 0.328 e. The van der Waals surface area contributed by atoms with E-state index in [9.17, 15) is 8.42 Å². The summed E-state index contributed by atoms with van der Waals surface area (Å²) in [5.74, 6) is 0.920. The lowest BCUT2D eigenvalue weighted by Crippen LogP contribution is -2.32. The first-order valence-corrected chi connectivity index (χ1v) is 9.21. The molecule has 1 aromatic carbocycles. The molecule has 20 heavy (non-hydrogen) atoms. The van der Waals surface area contributed by atoms with Crippen LogP contribution in [0.3, 0.4) is 0 Å². The summed E-state index contributed by atoms with van der Waals surface area (Å²) in [6.45, 7) is 1.27. The van der Waals surface area contributed by atoms with E-state index in [4.69, 9.17) is 5.73 Å². The van der Waals surface area contributed by atoms with Crippen molar-refractivity contribution in [2.24, 2.45) is 17.6 Å². The molecule has 0 radical (unpaired) electrons. The predicted molar refractivity (Wildman–Crippen MR) is 81.7 cm³/mol. The minimum absolute atomic E-state index is 0.242. The van der Waals surface area contributed by atoms with Crippen LogP contribution < -0.4 is 5.73 Å². The Kier molecular flexibility index (Phi) is 3.92. The van der Waals surface area contributed by atoms with Crippen LogP contribution in [0.4, 0.5) is 0 Å². The molecule has 2 aliphatic rings. The molecule has 6 heteroatoms. The second-order valence-electron chi connectivity index (χ2n) is 5.87. The maximum atomic E-state index is 12.7. The van der Waals surface area contributed by atoms with Crippen LogP contribution in [0.25, 0.3) is 0 Å². The zero-order chi connectivity index (χ0) is 14.3. The van der Waals surface area contributed by atoms with Crippen LogP contribution in [0.1, 0.15) is 19.3 Å². The van der Waals surface area contributed by atoms with E-state index in [-0.39, 0.29) is 6.04 Å². The second-order valence-corrected chi connectivity index (χ2v) is 8.72. The maximum absolute atomic E-state index is 12.7. The average Bonchev–Trinajstić information content (AvgIpc) is 2.83. The van der Waals surface area contributed by atoms with Crippen molar-refractivity contribution in [3.8, 4) is 0 Å². The van der Waals surface area contributed by atoms with Gasteiger partial charge >= 0.3 is 0 Å². The van der Waals surface area contributed by atoms with Gasteiger partial charge in [-0.05, 0) is 55.4 Å². The minimum Gasteiger partial charge on any atom is -0.328 e. The molecule has 0 amide bonds. The van der Waals surface area contributed by atoms with Crippen LogP contribution in [-0.2, 0) is 10.0 Å². The summed E-state index contributed by atoms with van der Waals surface area (Å²) < 4.78 is 27.8. The molecule has 0 bridgehead atoms. The number of nitrogens with two attached hydrogens (primary N) is 1. The Bertz CT molecular complexity index is 588. The van der Waals surface area contributed by atoms with Crippen molar-refractivity contribution in [1.82, 2.24) is 4.31 Å². The standard InChI is InChI=1S/C14H19BrN2O2S/c15-12-2-5-14(6-3-12)20(18,19)17-8-10-1-4-13(16)7-11(10)9-17/h2-3,5-6,10-11,13H,1,4,7-9,16H2/t10-,11+,13?/m1/s1. The Morgan fingerprint density at radius 3 is 2.45 bits per heavy atom. The molecule has 1 heterocycles. The normalized spacial score (nSPS) is 31.2. The van der Waals surface area contributed by atoms with Crippen molar-refractivity contribution in [2.75, 3.05) is 13.1 Å². The Balaban J connectivity index is 1.81. The van der Waals surface area contributed by atoms with Gasteiger partial charge < -0.3 is 5.73 Å². The third kappa shape index (κ3) is 2.66.